The van der Waals surface area contributed by atoms with E-state index in [9.17, 15) is 4.79 Å². The topological polar surface area (TPSA) is 54.0 Å². The van der Waals surface area contributed by atoms with Gasteiger partial charge in [-0.2, -0.15) is 11.8 Å². The van der Waals surface area contributed by atoms with Crippen molar-refractivity contribution in [2.24, 2.45) is 0 Å². The van der Waals surface area contributed by atoms with Crippen molar-refractivity contribution >= 4 is 23.4 Å². The predicted octanol–water partition coefficient (Wildman–Crippen LogP) is 1.60. The van der Waals surface area contributed by atoms with Crippen LogP contribution < -0.4 is 10.6 Å². The van der Waals surface area contributed by atoms with Crippen molar-refractivity contribution in [2.45, 2.75) is 12.2 Å². The number of carbonyl (C=O) groups excluding carboxylic acids is 1. The van der Waals surface area contributed by atoms with Gasteiger partial charge in [0, 0.05) is 30.7 Å². The average Bonchev–Trinajstić information content (AvgIpc) is 2.35. The van der Waals surface area contributed by atoms with Crippen molar-refractivity contribution in [3.8, 4) is 0 Å². The van der Waals surface area contributed by atoms with Crippen molar-refractivity contribution in [1.82, 2.24) is 10.3 Å². The first kappa shape index (κ1) is 12.8. The quantitative estimate of drug-likeness (QED) is 0.819. The van der Waals surface area contributed by atoms with Crippen LogP contribution in [0.15, 0.2) is 18.3 Å². The van der Waals surface area contributed by atoms with E-state index >= 15 is 0 Å². The minimum atomic E-state index is -0.165. The lowest BCUT2D eigenvalue weighted by atomic mass is 10.3. The van der Waals surface area contributed by atoms with Crippen LogP contribution in [0.3, 0.4) is 0 Å². The van der Waals surface area contributed by atoms with Gasteiger partial charge in [0.05, 0.1) is 0 Å². The molecule has 88 valence electrons. The molecule has 5 heteroatoms. The minimum Gasteiger partial charge on any atom is -0.384 e. The van der Waals surface area contributed by atoms with E-state index in [1.54, 1.807) is 31.1 Å². The predicted molar refractivity (Wildman–Crippen MR) is 69.1 cm³/mol. The zero-order chi connectivity index (χ0) is 12.0. The van der Waals surface area contributed by atoms with Gasteiger partial charge in [-0.15, -0.1) is 0 Å². The maximum atomic E-state index is 11.4. The molecule has 1 aromatic rings. The molecule has 0 aliphatic heterocycles. The Hall–Kier alpha value is -1.23. The number of hydrogen-bond donors (Lipinski definition) is 2. The van der Waals surface area contributed by atoms with Crippen LogP contribution in [0.5, 0.6) is 0 Å². The number of aromatic nitrogens is 1. The number of carbonyl (C=O) groups is 1. The van der Waals surface area contributed by atoms with E-state index in [2.05, 4.69) is 28.8 Å². The van der Waals surface area contributed by atoms with Gasteiger partial charge in [0.25, 0.3) is 5.91 Å². The van der Waals surface area contributed by atoms with Crippen LogP contribution in [-0.4, -0.2) is 36.0 Å². The second-order valence-corrected chi connectivity index (χ2v) is 4.71. The molecule has 0 aliphatic rings. The smallest absolute Gasteiger partial charge is 0.269 e. The fourth-order valence-electron chi connectivity index (χ4n) is 1.14. The van der Waals surface area contributed by atoms with Crippen molar-refractivity contribution < 1.29 is 4.79 Å². The molecule has 4 nitrogen and oxygen atoms in total. The highest BCUT2D eigenvalue weighted by Crippen LogP contribution is 2.10. The summed E-state index contributed by atoms with van der Waals surface area (Å²) in [5, 5.41) is 6.36. The normalized spacial score (nSPS) is 11.9. The maximum Gasteiger partial charge on any atom is 0.269 e. The van der Waals surface area contributed by atoms with E-state index in [0.717, 1.165) is 12.2 Å². The zero-order valence-corrected chi connectivity index (χ0v) is 10.6. The Balaban J connectivity index is 2.64. The monoisotopic (exact) mass is 239 g/mol. The Morgan fingerprint density at radius 2 is 2.38 bits per heavy atom. The minimum absolute atomic E-state index is 0.165. The third kappa shape index (κ3) is 3.73. The van der Waals surface area contributed by atoms with Gasteiger partial charge in [-0.3, -0.25) is 9.78 Å². The fraction of sp³-hybridized carbons (Fsp3) is 0.455. The first-order valence-corrected chi connectivity index (χ1v) is 6.41. The number of nitrogens with zero attached hydrogens (tertiary/aromatic N) is 1. The number of rotatable bonds is 5. The van der Waals surface area contributed by atoms with Crippen LogP contribution in [0.1, 0.15) is 17.4 Å². The summed E-state index contributed by atoms with van der Waals surface area (Å²) < 4.78 is 0. The third-order valence-electron chi connectivity index (χ3n) is 2.22. The highest BCUT2D eigenvalue weighted by atomic mass is 32.2. The second kappa shape index (κ2) is 6.37. The lowest BCUT2D eigenvalue weighted by Gasteiger charge is -2.11. The lowest BCUT2D eigenvalue weighted by molar-refractivity contribution is 0.0958. The fourth-order valence-corrected chi connectivity index (χ4v) is 1.39. The first-order valence-electron chi connectivity index (χ1n) is 5.12. The van der Waals surface area contributed by atoms with Gasteiger partial charge < -0.3 is 10.6 Å². The van der Waals surface area contributed by atoms with Gasteiger partial charge >= 0.3 is 0 Å². The van der Waals surface area contributed by atoms with E-state index in [-0.39, 0.29) is 5.91 Å². The van der Waals surface area contributed by atoms with Crippen molar-refractivity contribution in [2.75, 3.05) is 25.2 Å². The Morgan fingerprint density at radius 1 is 1.62 bits per heavy atom. The number of thioether (sulfide) groups is 1. The highest BCUT2D eigenvalue weighted by Gasteiger charge is 2.05. The van der Waals surface area contributed by atoms with Crippen molar-refractivity contribution in [1.29, 1.82) is 0 Å². The summed E-state index contributed by atoms with van der Waals surface area (Å²) >= 11 is 1.80. The average molecular weight is 239 g/mol. The van der Waals surface area contributed by atoms with Gasteiger partial charge in [-0.1, -0.05) is 6.92 Å². The number of amides is 1. The highest BCUT2D eigenvalue weighted by molar-refractivity contribution is 7.99. The molecular weight excluding hydrogens is 222 g/mol. The van der Waals surface area contributed by atoms with Crippen LogP contribution in [0, 0.1) is 0 Å². The number of pyridine rings is 1. The molecule has 1 heterocycles. The summed E-state index contributed by atoms with van der Waals surface area (Å²) in [6, 6.07) is 3.62. The van der Waals surface area contributed by atoms with E-state index < -0.39 is 0 Å². The summed E-state index contributed by atoms with van der Waals surface area (Å²) in [6.07, 6.45) is 3.71. The largest absolute Gasteiger partial charge is 0.384 e. The van der Waals surface area contributed by atoms with Crippen LogP contribution >= 0.6 is 11.8 Å². The van der Waals surface area contributed by atoms with Gasteiger partial charge in [-0.25, -0.2) is 0 Å². The molecule has 0 fully saturated rings. The summed E-state index contributed by atoms with van der Waals surface area (Å²) in [6.45, 7) is 3.02. The summed E-state index contributed by atoms with van der Waals surface area (Å²) in [7, 11) is 1.60. The Morgan fingerprint density at radius 3 is 3.00 bits per heavy atom. The number of anilines is 1. The first-order chi connectivity index (χ1) is 7.67. The van der Waals surface area contributed by atoms with Crippen molar-refractivity contribution in [3.63, 3.8) is 0 Å². The molecule has 0 radical (unpaired) electrons. The third-order valence-corrected chi connectivity index (χ3v) is 3.19. The second-order valence-electron chi connectivity index (χ2n) is 3.44. The Kier molecular flexibility index (Phi) is 5.11. The van der Waals surface area contributed by atoms with Gasteiger partial charge in [0.2, 0.25) is 0 Å². The standard InChI is InChI=1S/C11H17N3OS/c1-8(16-3)7-14-9-4-5-13-10(6-9)11(15)12-2/h4-6,8H,7H2,1-3H3,(H,12,15)(H,13,14). The zero-order valence-electron chi connectivity index (χ0n) is 9.78. The van der Waals surface area contributed by atoms with E-state index in [0.29, 0.717) is 10.9 Å². The molecule has 1 rings (SSSR count). The molecule has 2 N–H and O–H groups in total. The molecule has 1 amide bonds. The molecule has 1 aromatic heterocycles. The maximum absolute atomic E-state index is 11.4. The lowest BCUT2D eigenvalue weighted by Crippen LogP contribution is -2.19. The molecule has 0 bridgehead atoms. The van der Waals surface area contributed by atoms with Crippen LogP contribution in [0.2, 0.25) is 0 Å². The van der Waals surface area contributed by atoms with Gasteiger partial charge in [0.15, 0.2) is 0 Å². The van der Waals surface area contributed by atoms with Gasteiger partial charge in [0.1, 0.15) is 5.69 Å². The number of hydrogen-bond acceptors (Lipinski definition) is 4. The Bertz CT molecular complexity index is 357. The summed E-state index contributed by atoms with van der Waals surface area (Å²) in [5.74, 6) is -0.165. The molecular formula is C11H17N3OS. The molecule has 1 atom stereocenters. The molecule has 0 saturated heterocycles. The SMILES string of the molecule is CNC(=O)c1cc(NCC(C)SC)ccn1. The molecule has 16 heavy (non-hydrogen) atoms. The molecule has 0 saturated carbocycles. The van der Waals surface area contributed by atoms with Crippen LogP contribution in [-0.2, 0) is 0 Å². The Labute approximate surface area is 100 Å². The van der Waals surface area contributed by atoms with E-state index in [4.69, 9.17) is 0 Å². The number of nitrogens with one attached hydrogen (secondary N) is 2. The van der Waals surface area contributed by atoms with E-state index in [1.165, 1.54) is 0 Å². The van der Waals surface area contributed by atoms with E-state index in [1.807, 2.05) is 6.07 Å². The van der Waals surface area contributed by atoms with Crippen LogP contribution in [0.4, 0.5) is 5.69 Å². The van der Waals surface area contributed by atoms with Crippen molar-refractivity contribution in [3.05, 3.63) is 24.0 Å². The van der Waals surface area contributed by atoms with Crippen LogP contribution in [0.25, 0.3) is 0 Å². The molecule has 0 aromatic carbocycles. The van der Waals surface area contributed by atoms with Gasteiger partial charge in [-0.05, 0) is 18.4 Å². The molecule has 1 unspecified atom stereocenters. The molecule has 0 spiro atoms. The summed E-state index contributed by atoms with van der Waals surface area (Å²) in [4.78, 5) is 15.4. The summed E-state index contributed by atoms with van der Waals surface area (Å²) in [5.41, 5.74) is 1.36. The molecule has 0 aliphatic carbocycles.